The van der Waals surface area contributed by atoms with Crippen molar-refractivity contribution in [2.75, 3.05) is 45.8 Å². The number of nitrogens with zero attached hydrogens (tertiary/aromatic N) is 3. The molecule has 0 aliphatic carbocycles. The van der Waals surface area contributed by atoms with Gasteiger partial charge in [0.15, 0.2) is 5.76 Å². The largest absolute Gasteiger partial charge is 0.459 e. The lowest BCUT2D eigenvalue weighted by Crippen LogP contribution is -2.51. The summed E-state index contributed by atoms with van der Waals surface area (Å²) < 4.78 is 5.16. The minimum atomic E-state index is -0.0864. The maximum Gasteiger partial charge on any atom is 0.289 e. The molecular formula is C18H27N3O3. The van der Waals surface area contributed by atoms with Crippen LogP contribution in [0, 0.1) is 0 Å². The number of carbonyl (C=O) groups is 2. The molecule has 1 aromatic heterocycles. The fraction of sp³-hybridized carbons (Fsp3) is 0.667. The highest BCUT2D eigenvalue weighted by Gasteiger charge is 2.26. The van der Waals surface area contributed by atoms with Gasteiger partial charge in [0.25, 0.3) is 5.91 Å². The van der Waals surface area contributed by atoms with E-state index in [0.717, 1.165) is 19.6 Å². The molecule has 0 aromatic carbocycles. The zero-order chi connectivity index (χ0) is 16.8. The third-order valence-electron chi connectivity index (χ3n) is 4.99. The van der Waals surface area contributed by atoms with Gasteiger partial charge in [-0.3, -0.25) is 9.59 Å². The van der Waals surface area contributed by atoms with Crippen LogP contribution in [0.4, 0.5) is 0 Å². The van der Waals surface area contributed by atoms with E-state index in [-0.39, 0.29) is 11.8 Å². The molecule has 132 valence electrons. The Morgan fingerprint density at radius 1 is 0.917 bits per heavy atom. The molecule has 24 heavy (non-hydrogen) atoms. The Bertz CT molecular complexity index is 528. The number of rotatable bonds is 4. The van der Waals surface area contributed by atoms with E-state index in [0.29, 0.717) is 38.4 Å². The molecule has 3 rings (SSSR count). The molecule has 0 atom stereocenters. The molecule has 0 radical (unpaired) electrons. The maximum absolute atomic E-state index is 12.4. The Morgan fingerprint density at radius 3 is 2.21 bits per heavy atom. The second-order valence-corrected chi connectivity index (χ2v) is 6.66. The van der Waals surface area contributed by atoms with Gasteiger partial charge in [-0.2, -0.15) is 0 Å². The summed E-state index contributed by atoms with van der Waals surface area (Å²) in [5, 5.41) is 0. The van der Waals surface area contributed by atoms with Gasteiger partial charge in [0.05, 0.1) is 6.26 Å². The molecule has 6 heteroatoms. The van der Waals surface area contributed by atoms with Crippen molar-refractivity contribution >= 4 is 11.8 Å². The summed E-state index contributed by atoms with van der Waals surface area (Å²) in [4.78, 5) is 30.7. The van der Waals surface area contributed by atoms with E-state index in [2.05, 4.69) is 4.90 Å². The van der Waals surface area contributed by atoms with Crippen molar-refractivity contribution in [3.63, 3.8) is 0 Å². The topological polar surface area (TPSA) is 57.0 Å². The first-order chi connectivity index (χ1) is 11.7. The zero-order valence-corrected chi connectivity index (χ0v) is 14.3. The number of hydrogen-bond donors (Lipinski definition) is 0. The van der Waals surface area contributed by atoms with Crippen molar-refractivity contribution in [1.29, 1.82) is 0 Å². The van der Waals surface area contributed by atoms with Crippen LogP contribution in [0.25, 0.3) is 0 Å². The van der Waals surface area contributed by atoms with E-state index in [1.54, 1.807) is 17.0 Å². The summed E-state index contributed by atoms with van der Waals surface area (Å²) in [6.07, 6.45) is 7.23. The van der Waals surface area contributed by atoms with Gasteiger partial charge in [-0.1, -0.05) is 12.8 Å². The highest BCUT2D eigenvalue weighted by Crippen LogP contribution is 2.12. The van der Waals surface area contributed by atoms with Crippen LogP contribution < -0.4 is 0 Å². The molecule has 0 saturated carbocycles. The predicted octanol–water partition coefficient (Wildman–Crippen LogP) is 1.83. The number of piperazine rings is 1. The third kappa shape index (κ3) is 4.38. The molecule has 2 fully saturated rings. The van der Waals surface area contributed by atoms with Gasteiger partial charge < -0.3 is 19.1 Å². The fourth-order valence-electron chi connectivity index (χ4n) is 3.49. The zero-order valence-electron chi connectivity index (χ0n) is 14.3. The molecule has 2 aliphatic rings. The average Bonchev–Trinajstić information content (AvgIpc) is 3.03. The van der Waals surface area contributed by atoms with E-state index in [4.69, 9.17) is 4.42 Å². The summed E-state index contributed by atoms with van der Waals surface area (Å²) in [5.41, 5.74) is 0. The first-order valence-corrected chi connectivity index (χ1v) is 9.07. The average molecular weight is 333 g/mol. The van der Waals surface area contributed by atoms with Crippen LogP contribution >= 0.6 is 0 Å². The molecule has 3 heterocycles. The van der Waals surface area contributed by atoms with Gasteiger partial charge >= 0.3 is 0 Å². The van der Waals surface area contributed by atoms with E-state index in [1.165, 1.54) is 31.9 Å². The molecule has 6 nitrogen and oxygen atoms in total. The van der Waals surface area contributed by atoms with Crippen LogP contribution in [0.3, 0.4) is 0 Å². The van der Waals surface area contributed by atoms with Gasteiger partial charge in [0, 0.05) is 39.1 Å². The number of furan rings is 1. The summed E-state index contributed by atoms with van der Waals surface area (Å²) in [5.74, 6) is 0.497. The molecule has 2 aliphatic heterocycles. The third-order valence-corrected chi connectivity index (χ3v) is 4.99. The summed E-state index contributed by atoms with van der Waals surface area (Å²) in [6, 6.07) is 3.40. The number of hydrogen-bond acceptors (Lipinski definition) is 4. The molecule has 0 N–H and O–H groups in total. The van der Waals surface area contributed by atoms with Gasteiger partial charge in [0.2, 0.25) is 5.91 Å². The molecular weight excluding hydrogens is 306 g/mol. The molecule has 0 bridgehead atoms. The van der Waals surface area contributed by atoms with Gasteiger partial charge in [-0.15, -0.1) is 0 Å². The lowest BCUT2D eigenvalue weighted by molar-refractivity contribution is -0.133. The quantitative estimate of drug-likeness (QED) is 0.843. The first kappa shape index (κ1) is 17.0. The molecule has 0 unspecified atom stereocenters. The summed E-state index contributed by atoms with van der Waals surface area (Å²) >= 11 is 0. The smallest absolute Gasteiger partial charge is 0.289 e. The standard InChI is InChI=1S/C18H27N3O3/c22-17(7-10-19-8-3-1-2-4-9-19)20-11-13-21(14-12-20)18(23)16-6-5-15-24-16/h5-6,15H,1-4,7-14H2. The second-order valence-electron chi connectivity index (χ2n) is 6.66. The van der Waals surface area contributed by atoms with Gasteiger partial charge in [-0.25, -0.2) is 0 Å². The van der Waals surface area contributed by atoms with E-state index in [1.807, 2.05) is 4.90 Å². The van der Waals surface area contributed by atoms with Crippen molar-refractivity contribution in [3.05, 3.63) is 24.2 Å². The predicted molar refractivity (Wildman–Crippen MR) is 90.7 cm³/mol. The van der Waals surface area contributed by atoms with Crippen molar-refractivity contribution in [2.45, 2.75) is 32.1 Å². The Kier molecular flexibility index (Phi) is 5.91. The maximum atomic E-state index is 12.4. The lowest BCUT2D eigenvalue weighted by atomic mass is 10.2. The number of carbonyl (C=O) groups excluding carboxylic acids is 2. The van der Waals surface area contributed by atoms with Gasteiger partial charge in [-0.05, 0) is 38.1 Å². The second kappa shape index (κ2) is 8.33. The minimum absolute atomic E-state index is 0.0864. The van der Waals surface area contributed by atoms with Crippen molar-refractivity contribution in [3.8, 4) is 0 Å². The number of likely N-dealkylation sites (tertiary alicyclic amines) is 1. The minimum Gasteiger partial charge on any atom is -0.459 e. The van der Waals surface area contributed by atoms with E-state index >= 15 is 0 Å². The molecule has 2 saturated heterocycles. The van der Waals surface area contributed by atoms with E-state index < -0.39 is 0 Å². The molecule has 1 aromatic rings. The first-order valence-electron chi connectivity index (χ1n) is 9.07. The van der Waals surface area contributed by atoms with Gasteiger partial charge in [0.1, 0.15) is 0 Å². The lowest BCUT2D eigenvalue weighted by Gasteiger charge is -2.34. The Morgan fingerprint density at radius 2 is 1.58 bits per heavy atom. The van der Waals surface area contributed by atoms with E-state index in [9.17, 15) is 9.59 Å². The van der Waals surface area contributed by atoms with Crippen molar-refractivity contribution in [2.24, 2.45) is 0 Å². The fourth-order valence-corrected chi connectivity index (χ4v) is 3.49. The highest BCUT2D eigenvalue weighted by atomic mass is 16.3. The summed E-state index contributed by atoms with van der Waals surface area (Å²) in [6.45, 7) is 5.50. The summed E-state index contributed by atoms with van der Waals surface area (Å²) in [7, 11) is 0. The Balaban J connectivity index is 1.41. The van der Waals surface area contributed by atoms with Crippen LogP contribution in [0.15, 0.2) is 22.8 Å². The van der Waals surface area contributed by atoms with Crippen LogP contribution in [0.2, 0.25) is 0 Å². The van der Waals surface area contributed by atoms with Crippen LogP contribution in [-0.2, 0) is 4.79 Å². The highest BCUT2D eigenvalue weighted by molar-refractivity contribution is 5.91. The normalized spacial score (nSPS) is 20.0. The monoisotopic (exact) mass is 333 g/mol. The number of amides is 2. The molecule has 2 amide bonds. The van der Waals surface area contributed by atoms with Crippen molar-refractivity contribution < 1.29 is 14.0 Å². The SMILES string of the molecule is O=C(CCN1CCCCCC1)N1CCN(C(=O)c2ccco2)CC1. The molecule has 0 spiro atoms. The van der Waals surface area contributed by atoms with Crippen LogP contribution in [0.5, 0.6) is 0 Å². The Labute approximate surface area is 143 Å². The van der Waals surface area contributed by atoms with Crippen LogP contribution in [-0.4, -0.2) is 72.3 Å². The van der Waals surface area contributed by atoms with Crippen molar-refractivity contribution in [1.82, 2.24) is 14.7 Å². The van der Waals surface area contributed by atoms with Crippen LogP contribution in [0.1, 0.15) is 42.7 Å². The Hall–Kier alpha value is -1.82.